The Kier molecular flexibility index (Phi) is 23.6. The van der Waals surface area contributed by atoms with E-state index >= 15 is 0 Å². The Morgan fingerprint density at radius 2 is 0.882 bits per heavy atom. The molecule has 0 heterocycles. The van der Waals surface area contributed by atoms with Crippen LogP contribution < -0.4 is 23.3 Å². The van der Waals surface area contributed by atoms with Gasteiger partial charge in [-0.15, -0.1) is 0 Å². The van der Waals surface area contributed by atoms with E-state index in [2.05, 4.69) is 16.7 Å². The number of hydrogen-bond donors (Lipinski definition) is 4. The Morgan fingerprint density at radius 1 is 0.588 bits per heavy atom. The van der Waals surface area contributed by atoms with Gasteiger partial charge in [-0.05, 0) is 38.8 Å². The summed E-state index contributed by atoms with van der Waals surface area (Å²) in [5.41, 5.74) is 10.7. The summed E-state index contributed by atoms with van der Waals surface area (Å²) in [7, 11) is 0. The number of hydrogen-bond acceptors (Lipinski definition) is 7. The summed E-state index contributed by atoms with van der Waals surface area (Å²) >= 11 is 0. The third-order valence-corrected chi connectivity index (χ3v) is 1.81. The Bertz CT molecular complexity index is 108. The van der Waals surface area contributed by atoms with E-state index in [-0.39, 0.29) is 0 Å². The highest BCUT2D eigenvalue weighted by molar-refractivity contribution is 4.41. The van der Waals surface area contributed by atoms with Crippen molar-refractivity contribution >= 4 is 0 Å². The van der Waals surface area contributed by atoms with Crippen LogP contribution in [0.1, 0.15) is 25.7 Å². The van der Waals surface area contributed by atoms with E-state index in [1.54, 1.807) is 0 Å². The molecule has 0 saturated carbocycles. The summed E-state index contributed by atoms with van der Waals surface area (Å²) in [5.74, 6) is 8.25. The van der Waals surface area contributed by atoms with Crippen molar-refractivity contribution in [1.29, 1.82) is 0 Å². The molecule has 0 rings (SSSR count). The van der Waals surface area contributed by atoms with E-state index in [0.717, 1.165) is 52.1 Å². The van der Waals surface area contributed by atoms with Gasteiger partial charge < -0.3 is 20.9 Å². The Hall–Kier alpha value is -0.280. The SMILES string of the molecule is NCCCOCCCCOCCCN.NON. The molecule has 0 spiro atoms. The molecule has 0 unspecified atom stereocenters. The van der Waals surface area contributed by atoms with Crippen LogP contribution in [0, 0.1) is 0 Å². The minimum atomic E-state index is 0.711. The molecule has 0 bridgehead atoms. The van der Waals surface area contributed by atoms with Crippen molar-refractivity contribution in [3.8, 4) is 0 Å². The molecule has 0 aliphatic rings. The molecule has 0 radical (unpaired) electrons. The standard InChI is InChI=1S/C10H24N2O2.H4N2O/c11-5-3-9-13-7-1-2-8-14-10-4-6-12;1-3-2/h1-12H2;1-2H2. The van der Waals surface area contributed by atoms with Crippen molar-refractivity contribution < 1.29 is 14.4 Å². The topological polar surface area (TPSA) is 132 Å². The van der Waals surface area contributed by atoms with Gasteiger partial charge in [-0.25, -0.2) is 4.94 Å². The monoisotopic (exact) mass is 252 g/mol. The van der Waals surface area contributed by atoms with Gasteiger partial charge in [-0.3, -0.25) is 0 Å². The lowest BCUT2D eigenvalue weighted by molar-refractivity contribution is 0.102. The molecular formula is C10H28N4O3. The second-order valence-corrected chi connectivity index (χ2v) is 3.35. The highest BCUT2D eigenvalue weighted by Crippen LogP contribution is 1.92. The molecule has 0 fully saturated rings. The molecule has 0 amide bonds. The van der Waals surface area contributed by atoms with Crippen LogP contribution >= 0.6 is 0 Å². The summed E-state index contributed by atoms with van der Waals surface area (Å²) in [4.78, 5) is 3.25. The average molecular weight is 252 g/mol. The fourth-order valence-electron chi connectivity index (χ4n) is 0.983. The van der Waals surface area contributed by atoms with Crippen molar-refractivity contribution in [2.75, 3.05) is 39.5 Å². The Morgan fingerprint density at radius 3 is 1.18 bits per heavy atom. The van der Waals surface area contributed by atoms with Crippen LogP contribution in [0.25, 0.3) is 0 Å². The fourth-order valence-corrected chi connectivity index (χ4v) is 0.983. The zero-order valence-corrected chi connectivity index (χ0v) is 10.6. The average Bonchev–Trinajstić information content (AvgIpc) is 2.33. The summed E-state index contributed by atoms with van der Waals surface area (Å²) < 4.78 is 10.7. The molecular weight excluding hydrogens is 224 g/mol. The fraction of sp³-hybridized carbons (Fsp3) is 1.00. The molecule has 8 N–H and O–H groups in total. The zero-order valence-electron chi connectivity index (χ0n) is 10.6. The van der Waals surface area contributed by atoms with E-state index in [1.807, 2.05) is 0 Å². The van der Waals surface area contributed by atoms with Crippen molar-refractivity contribution in [1.82, 2.24) is 0 Å². The predicted octanol–water partition coefficient (Wildman–Crippen LogP) is -0.752. The van der Waals surface area contributed by atoms with Crippen LogP contribution in [-0.4, -0.2) is 39.5 Å². The van der Waals surface area contributed by atoms with Crippen LogP contribution in [-0.2, 0) is 14.4 Å². The smallest absolute Gasteiger partial charge is 0.0478 e. The van der Waals surface area contributed by atoms with E-state index in [4.69, 9.17) is 20.9 Å². The van der Waals surface area contributed by atoms with E-state index in [9.17, 15) is 0 Å². The molecule has 0 aromatic heterocycles. The molecule has 0 aliphatic heterocycles. The quantitative estimate of drug-likeness (QED) is 0.281. The molecule has 0 aliphatic carbocycles. The number of unbranched alkanes of at least 4 members (excludes halogenated alkanes) is 1. The molecule has 7 nitrogen and oxygen atoms in total. The number of nitrogens with two attached hydrogens (primary N) is 4. The first-order valence-electron chi connectivity index (χ1n) is 5.94. The molecule has 0 aromatic carbocycles. The lowest BCUT2D eigenvalue weighted by Gasteiger charge is -2.04. The second-order valence-electron chi connectivity index (χ2n) is 3.35. The van der Waals surface area contributed by atoms with Crippen LogP contribution in [0.5, 0.6) is 0 Å². The minimum absolute atomic E-state index is 0.711. The van der Waals surface area contributed by atoms with Gasteiger partial charge in [0, 0.05) is 26.4 Å². The van der Waals surface area contributed by atoms with Gasteiger partial charge in [0.15, 0.2) is 0 Å². The van der Waals surface area contributed by atoms with E-state index in [1.165, 1.54) is 0 Å². The van der Waals surface area contributed by atoms with Gasteiger partial charge in [0.2, 0.25) is 0 Å². The number of rotatable bonds is 11. The van der Waals surface area contributed by atoms with E-state index in [0.29, 0.717) is 13.1 Å². The van der Waals surface area contributed by atoms with Gasteiger partial charge in [0.05, 0.1) is 0 Å². The van der Waals surface area contributed by atoms with Crippen LogP contribution in [0.3, 0.4) is 0 Å². The van der Waals surface area contributed by atoms with Crippen molar-refractivity contribution in [3.05, 3.63) is 0 Å². The van der Waals surface area contributed by atoms with Gasteiger partial charge in [0.1, 0.15) is 0 Å². The zero-order chi connectivity index (χ0) is 13.2. The summed E-state index contributed by atoms with van der Waals surface area (Å²) in [6.07, 6.45) is 4.03. The molecule has 7 heteroatoms. The van der Waals surface area contributed by atoms with Gasteiger partial charge in [-0.1, -0.05) is 0 Å². The van der Waals surface area contributed by atoms with Gasteiger partial charge in [0.25, 0.3) is 0 Å². The first kappa shape index (κ1) is 19.1. The maximum Gasteiger partial charge on any atom is 0.0478 e. The molecule has 0 saturated heterocycles. The van der Waals surface area contributed by atoms with Gasteiger partial charge in [-0.2, -0.15) is 11.8 Å². The Labute approximate surface area is 104 Å². The first-order chi connectivity index (χ1) is 8.33. The first-order valence-corrected chi connectivity index (χ1v) is 5.94. The van der Waals surface area contributed by atoms with Crippen LogP contribution in [0.2, 0.25) is 0 Å². The normalized spacial score (nSPS) is 9.88. The van der Waals surface area contributed by atoms with Crippen molar-refractivity contribution in [2.45, 2.75) is 25.7 Å². The largest absolute Gasteiger partial charge is 0.381 e. The molecule has 106 valence electrons. The minimum Gasteiger partial charge on any atom is -0.381 e. The highest BCUT2D eigenvalue weighted by atomic mass is 16.7. The summed E-state index contributed by atoms with van der Waals surface area (Å²) in [5, 5.41) is 0. The summed E-state index contributed by atoms with van der Waals surface area (Å²) in [6, 6.07) is 0. The van der Waals surface area contributed by atoms with Gasteiger partial charge >= 0.3 is 0 Å². The van der Waals surface area contributed by atoms with Crippen molar-refractivity contribution in [2.24, 2.45) is 23.3 Å². The van der Waals surface area contributed by atoms with E-state index < -0.39 is 0 Å². The highest BCUT2D eigenvalue weighted by Gasteiger charge is 1.90. The lowest BCUT2D eigenvalue weighted by Crippen LogP contribution is -2.07. The van der Waals surface area contributed by atoms with Crippen molar-refractivity contribution in [3.63, 3.8) is 0 Å². The lowest BCUT2D eigenvalue weighted by atomic mass is 10.3. The number of ether oxygens (including phenoxy) is 2. The van der Waals surface area contributed by atoms with Crippen LogP contribution in [0.15, 0.2) is 0 Å². The maximum atomic E-state index is 5.35. The third kappa shape index (κ3) is 25.7. The summed E-state index contributed by atoms with van der Waals surface area (Å²) in [6.45, 7) is 4.62. The third-order valence-electron chi connectivity index (χ3n) is 1.81. The Balaban J connectivity index is 0. The molecule has 0 aromatic rings. The maximum absolute atomic E-state index is 5.35. The van der Waals surface area contributed by atoms with Crippen LogP contribution in [0.4, 0.5) is 0 Å². The second kappa shape index (κ2) is 21.1. The predicted molar refractivity (Wildman–Crippen MR) is 67.7 cm³/mol. The molecule has 0 atom stereocenters. The molecule has 17 heavy (non-hydrogen) atoms.